The van der Waals surface area contributed by atoms with Gasteiger partial charge in [-0.2, -0.15) is 9.40 Å². The number of amides is 1. The molecule has 0 spiro atoms. The fraction of sp³-hybridized carbons (Fsp3) is 0.375. The number of anilines is 1. The SMILES string of the molecule is CN(Cc1ccn[nH]1)S(=O)(=O)c1cccc(NC(=O)C2CCC2)c1. The van der Waals surface area contributed by atoms with Gasteiger partial charge in [0.15, 0.2) is 0 Å². The Morgan fingerprint density at radius 1 is 1.38 bits per heavy atom. The van der Waals surface area contributed by atoms with Crippen LogP contribution < -0.4 is 5.32 Å². The summed E-state index contributed by atoms with van der Waals surface area (Å²) in [6, 6.07) is 8.08. The first kappa shape index (κ1) is 16.7. The van der Waals surface area contributed by atoms with Gasteiger partial charge in [-0.3, -0.25) is 9.89 Å². The quantitative estimate of drug-likeness (QED) is 0.834. The lowest BCUT2D eigenvalue weighted by molar-refractivity contribution is -0.122. The van der Waals surface area contributed by atoms with E-state index in [1.807, 2.05) is 0 Å². The lowest BCUT2D eigenvalue weighted by Crippen LogP contribution is -2.28. The van der Waals surface area contributed by atoms with Crippen LogP contribution in [0.4, 0.5) is 5.69 Å². The second kappa shape index (κ2) is 6.74. The van der Waals surface area contributed by atoms with Gasteiger partial charge in [-0.25, -0.2) is 8.42 Å². The van der Waals surface area contributed by atoms with Gasteiger partial charge < -0.3 is 5.32 Å². The first-order valence-corrected chi connectivity index (χ1v) is 9.26. The predicted molar refractivity (Wildman–Crippen MR) is 89.7 cm³/mol. The summed E-state index contributed by atoms with van der Waals surface area (Å²) in [5.41, 5.74) is 1.21. The third-order valence-corrected chi connectivity index (χ3v) is 6.04. The zero-order chi connectivity index (χ0) is 17.2. The number of aromatic nitrogens is 2. The molecule has 7 nitrogen and oxygen atoms in total. The average molecular weight is 348 g/mol. The highest BCUT2D eigenvalue weighted by molar-refractivity contribution is 7.89. The van der Waals surface area contributed by atoms with Gasteiger partial charge in [0.1, 0.15) is 0 Å². The number of rotatable bonds is 6. The molecule has 1 heterocycles. The largest absolute Gasteiger partial charge is 0.326 e. The molecule has 2 N–H and O–H groups in total. The molecular formula is C16H20N4O3S. The summed E-state index contributed by atoms with van der Waals surface area (Å²) in [6.07, 6.45) is 4.45. The van der Waals surface area contributed by atoms with Crippen molar-refractivity contribution >= 4 is 21.6 Å². The summed E-state index contributed by atoms with van der Waals surface area (Å²) in [5.74, 6) is 0.00919. The van der Waals surface area contributed by atoms with E-state index in [1.54, 1.807) is 24.4 Å². The number of nitrogens with one attached hydrogen (secondary N) is 2. The minimum Gasteiger partial charge on any atom is -0.326 e. The van der Waals surface area contributed by atoms with Crippen molar-refractivity contribution < 1.29 is 13.2 Å². The molecule has 128 valence electrons. The molecule has 8 heteroatoms. The van der Waals surface area contributed by atoms with E-state index in [9.17, 15) is 13.2 Å². The Balaban J connectivity index is 1.75. The van der Waals surface area contributed by atoms with Gasteiger partial charge in [0.05, 0.1) is 17.1 Å². The number of hydrogen-bond donors (Lipinski definition) is 2. The molecule has 2 aromatic rings. The van der Waals surface area contributed by atoms with E-state index in [2.05, 4.69) is 15.5 Å². The van der Waals surface area contributed by atoms with Crippen molar-refractivity contribution in [3.05, 3.63) is 42.2 Å². The summed E-state index contributed by atoms with van der Waals surface area (Å²) in [4.78, 5) is 12.2. The number of hydrogen-bond acceptors (Lipinski definition) is 4. The predicted octanol–water partition coefficient (Wildman–Crippen LogP) is 1.97. The van der Waals surface area contributed by atoms with Crippen molar-refractivity contribution in [2.75, 3.05) is 12.4 Å². The summed E-state index contributed by atoms with van der Waals surface area (Å²) in [6.45, 7) is 0.195. The standard InChI is InChI=1S/C16H20N4O3S/c1-20(11-14-8-9-17-19-14)24(22,23)15-7-3-6-13(10-15)18-16(21)12-4-2-5-12/h3,6-10,12H,2,4-5,11H2,1H3,(H,17,19)(H,18,21). The molecule has 1 aromatic carbocycles. The fourth-order valence-electron chi connectivity index (χ4n) is 2.53. The van der Waals surface area contributed by atoms with Crippen molar-refractivity contribution in [2.45, 2.75) is 30.7 Å². The number of nitrogens with zero attached hydrogens (tertiary/aromatic N) is 2. The number of benzene rings is 1. The molecule has 1 saturated carbocycles. The molecule has 1 aliphatic rings. The summed E-state index contributed by atoms with van der Waals surface area (Å²) < 4.78 is 26.6. The molecule has 24 heavy (non-hydrogen) atoms. The van der Waals surface area contributed by atoms with Crippen LogP contribution in [0.1, 0.15) is 25.0 Å². The van der Waals surface area contributed by atoms with E-state index in [-0.39, 0.29) is 23.3 Å². The number of H-pyrrole nitrogens is 1. The van der Waals surface area contributed by atoms with E-state index in [0.717, 1.165) is 19.3 Å². The smallest absolute Gasteiger partial charge is 0.243 e. The molecule has 1 aromatic heterocycles. The van der Waals surface area contributed by atoms with E-state index >= 15 is 0 Å². The maximum Gasteiger partial charge on any atom is 0.243 e. The highest BCUT2D eigenvalue weighted by Crippen LogP contribution is 2.28. The van der Waals surface area contributed by atoms with Gasteiger partial charge in [0.25, 0.3) is 0 Å². The molecule has 0 atom stereocenters. The number of carbonyl (C=O) groups excluding carboxylic acids is 1. The van der Waals surface area contributed by atoms with Crippen LogP contribution >= 0.6 is 0 Å². The number of sulfonamides is 1. The van der Waals surface area contributed by atoms with Crippen molar-refractivity contribution in [1.29, 1.82) is 0 Å². The minimum atomic E-state index is -3.65. The summed E-state index contributed by atoms with van der Waals surface area (Å²) in [5, 5.41) is 9.36. The zero-order valence-corrected chi connectivity index (χ0v) is 14.2. The molecule has 3 rings (SSSR count). The van der Waals surface area contributed by atoms with E-state index < -0.39 is 10.0 Å². The van der Waals surface area contributed by atoms with Crippen LogP contribution in [0.3, 0.4) is 0 Å². The van der Waals surface area contributed by atoms with E-state index in [1.165, 1.54) is 23.5 Å². The molecule has 1 amide bonds. The van der Waals surface area contributed by atoms with Crippen molar-refractivity contribution in [3.8, 4) is 0 Å². The molecular weight excluding hydrogens is 328 g/mol. The van der Waals surface area contributed by atoms with E-state index in [0.29, 0.717) is 11.4 Å². The zero-order valence-electron chi connectivity index (χ0n) is 13.4. The van der Waals surface area contributed by atoms with Gasteiger partial charge in [-0.15, -0.1) is 0 Å². The van der Waals surface area contributed by atoms with Gasteiger partial charge in [-0.05, 0) is 37.1 Å². The third-order valence-electron chi connectivity index (χ3n) is 4.24. The summed E-state index contributed by atoms with van der Waals surface area (Å²) >= 11 is 0. The number of aromatic amines is 1. The molecule has 1 aliphatic carbocycles. The maximum atomic E-state index is 12.7. The number of carbonyl (C=O) groups is 1. The lowest BCUT2D eigenvalue weighted by atomic mass is 9.85. The first-order chi connectivity index (χ1) is 11.5. The Hall–Kier alpha value is -2.19. The van der Waals surface area contributed by atoms with Gasteiger partial charge in [0.2, 0.25) is 15.9 Å². The van der Waals surface area contributed by atoms with Crippen LogP contribution in [0.25, 0.3) is 0 Å². The topological polar surface area (TPSA) is 95.2 Å². The van der Waals surface area contributed by atoms with Crippen LogP contribution in [0.15, 0.2) is 41.4 Å². The van der Waals surface area contributed by atoms with Gasteiger partial charge >= 0.3 is 0 Å². The Bertz CT molecular complexity index is 814. The monoisotopic (exact) mass is 348 g/mol. The highest BCUT2D eigenvalue weighted by atomic mass is 32.2. The second-order valence-corrected chi connectivity index (χ2v) is 8.03. The highest BCUT2D eigenvalue weighted by Gasteiger charge is 2.26. The van der Waals surface area contributed by atoms with Crippen molar-refractivity contribution in [2.24, 2.45) is 5.92 Å². The van der Waals surface area contributed by atoms with Crippen molar-refractivity contribution in [1.82, 2.24) is 14.5 Å². The molecule has 0 bridgehead atoms. The van der Waals surface area contributed by atoms with E-state index in [4.69, 9.17) is 0 Å². The Morgan fingerprint density at radius 2 is 2.17 bits per heavy atom. The third kappa shape index (κ3) is 3.49. The Kier molecular flexibility index (Phi) is 4.68. The second-order valence-electron chi connectivity index (χ2n) is 5.99. The first-order valence-electron chi connectivity index (χ1n) is 7.82. The van der Waals surface area contributed by atoms with Gasteiger partial charge in [-0.1, -0.05) is 12.5 Å². The maximum absolute atomic E-state index is 12.7. The van der Waals surface area contributed by atoms with Crippen LogP contribution in [-0.4, -0.2) is 35.9 Å². The molecule has 1 fully saturated rings. The van der Waals surface area contributed by atoms with Crippen LogP contribution in [0.2, 0.25) is 0 Å². The molecule has 0 saturated heterocycles. The van der Waals surface area contributed by atoms with Crippen LogP contribution in [0.5, 0.6) is 0 Å². The fourth-order valence-corrected chi connectivity index (χ4v) is 3.72. The molecule has 0 unspecified atom stereocenters. The molecule has 0 aliphatic heterocycles. The average Bonchev–Trinajstić information content (AvgIpc) is 2.98. The minimum absolute atomic E-state index is 0.0402. The molecule has 0 radical (unpaired) electrons. The summed E-state index contributed by atoms with van der Waals surface area (Å²) in [7, 11) is -2.14. The van der Waals surface area contributed by atoms with Crippen molar-refractivity contribution in [3.63, 3.8) is 0 Å². The Labute approximate surface area is 141 Å². The Morgan fingerprint density at radius 3 is 2.79 bits per heavy atom. The lowest BCUT2D eigenvalue weighted by Gasteiger charge is -2.24. The van der Waals surface area contributed by atoms with Gasteiger partial charge in [0, 0.05) is 24.8 Å². The van der Waals surface area contributed by atoms with Crippen LogP contribution in [-0.2, 0) is 21.4 Å². The normalized spacial score (nSPS) is 15.2. The van der Waals surface area contributed by atoms with Crippen LogP contribution in [0, 0.1) is 5.92 Å².